The monoisotopic (exact) mass is 338 g/mol. The van der Waals surface area contributed by atoms with Crippen molar-refractivity contribution < 1.29 is 9.90 Å². The minimum absolute atomic E-state index is 0.316. The van der Waals surface area contributed by atoms with Crippen molar-refractivity contribution in [2.24, 2.45) is 5.92 Å². The number of thiophene rings is 1. The van der Waals surface area contributed by atoms with Crippen LogP contribution in [0.25, 0.3) is 0 Å². The topological polar surface area (TPSA) is 37.3 Å². The zero-order chi connectivity index (χ0) is 13.7. The minimum Gasteiger partial charge on any atom is -0.481 e. The maximum absolute atomic E-state index is 11.3. The molecule has 1 aromatic carbocycles. The zero-order valence-electron chi connectivity index (χ0n) is 10.4. The summed E-state index contributed by atoms with van der Waals surface area (Å²) in [5.74, 6) is -1.03. The van der Waals surface area contributed by atoms with Crippen molar-refractivity contribution in [2.45, 2.75) is 19.3 Å². The lowest BCUT2D eigenvalue weighted by Crippen LogP contribution is -2.17. The molecule has 0 aliphatic rings. The second kappa shape index (κ2) is 6.87. The first-order valence-electron chi connectivity index (χ1n) is 6.15. The third kappa shape index (κ3) is 4.48. The van der Waals surface area contributed by atoms with E-state index in [4.69, 9.17) is 0 Å². The average Bonchev–Trinajstić information content (AvgIpc) is 2.89. The van der Waals surface area contributed by atoms with Gasteiger partial charge in [0.25, 0.3) is 0 Å². The van der Waals surface area contributed by atoms with Gasteiger partial charge in [-0.2, -0.15) is 0 Å². The molecule has 19 heavy (non-hydrogen) atoms. The van der Waals surface area contributed by atoms with Crippen molar-refractivity contribution in [1.29, 1.82) is 0 Å². The number of rotatable bonds is 6. The molecule has 0 saturated carbocycles. The Bertz CT molecular complexity index is 520. The second-order valence-electron chi connectivity index (χ2n) is 4.48. The molecule has 0 amide bonds. The summed E-state index contributed by atoms with van der Waals surface area (Å²) in [7, 11) is 0. The van der Waals surface area contributed by atoms with Crippen molar-refractivity contribution in [2.75, 3.05) is 0 Å². The highest BCUT2D eigenvalue weighted by Crippen LogP contribution is 2.19. The van der Waals surface area contributed by atoms with Crippen molar-refractivity contribution in [1.82, 2.24) is 0 Å². The van der Waals surface area contributed by atoms with Crippen LogP contribution in [0, 0.1) is 5.92 Å². The van der Waals surface area contributed by atoms with Crippen LogP contribution in [-0.4, -0.2) is 11.1 Å². The highest BCUT2D eigenvalue weighted by atomic mass is 79.9. The van der Waals surface area contributed by atoms with Crippen LogP contribution in [0.2, 0.25) is 0 Å². The fourth-order valence-corrected chi connectivity index (χ4v) is 2.98. The minimum atomic E-state index is -0.709. The maximum atomic E-state index is 11.3. The predicted molar refractivity (Wildman–Crippen MR) is 81.6 cm³/mol. The van der Waals surface area contributed by atoms with E-state index < -0.39 is 5.97 Å². The number of hydrogen-bond donors (Lipinski definition) is 1. The number of aliphatic carboxylic acids is 1. The number of carboxylic acid groups (broad SMARTS) is 1. The molecule has 1 N–H and O–H groups in total. The smallest absolute Gasteiger partial charge is 0.306 e. The highest BCUT2D eigenvalue weighted by Gasteiger charge is 2.18. The van der Waals surface area contributed by atoms with E-state index in [0.717, 1.165) is 16.5 Å². The van der Waals surface area contributed by atoms with Crippen LogP contribution in [0.4, 0.5) is 0 Å². The summed E-state index contributed by atoms with van der Waals surface area (Å²) >= 11 is 5.07. The van der Waals surface area contributed by atoms with Crippen LogP contribution in [0.15, 0.2) is 46.3 Å². The lowest BCUT2D eigenvalue weighted by Gasteiger charge is -2.12. The van der Waals surface area contributed by atoms with E-state index in [9.17, 15) is 9.90 Å². The van der Waals surface area contributed by atoms with Gasteiger partial charge in [0.1, 0.15) is 0 Å². The molecule has 0 bridgehead atoms. The molecular weight excluding hydrogens is 324 g/mol. The molecule has 0 spiro atoms. The molecule has 0 saturated heterocycles. The third-order valence-corrected chi connectivity index (χ3v) is 4.53. The SMILES string of the molecule is O=C(O)C(CCc1cccs1)Cc1ccc(Br)cc1. The zero-order valence-corrected chi connectivity index (χ0v) is 12.8. The highest BCUT2D eigenvalue weighted by molar-refractivity contribution is 9.10. The maximum Gasteiger partial charge on any atom is 0.306 e. The number of aryl methyl sites for hydroxylation is 1. The Balaban J connectivity index is 1.96. The van der Waals surface area contributed by atoms with Gasteiger partial charge in [0, 0.05) is 9.35 Å². The molecule has 100 valence electrons. The summed E-state index contributed by atoms with van der Waals surface area (Å²) in [4.78, 5) is 12.6. The Morgan fingerprint density at radius 1 is 1.26 bits per heavy atom. The first-order valence-corrected chi connectivity index (χ1v) is 7.82. The first-order chi connectivity index (χ1) is 9.15. The molecule has 0 aliphatic heterocycles. The van der Waals surface area contributed by atoms with Gasteiger partial charge in [-0.3, -0.25) is 4.79 Å². The quantitative estimate of drug-likeness (QED) is 0.848. The summed E-state index contributed by atoms with van der Waals surface area (Å²) in [6, 6.07) is 11.9. The number of hydrogen-bond acceptors (Lipinski definition) is 2. The molecule has 0 aliphatic carbocycles. The molecular formula is C15H15BrO2S. The second-order valence-corrected chi connectivity index (χ2v) is 6.43. The Morgan fingerprint density at radius 3 is 2.58 bits per heavy atom. The van der Waals surface area contributed by atoms with Gasteiger partial charge < -0.3 is 5.11 Å². The van der Waals surface area contributed by atoms with Crippen LogP contribution in [0.3, 0.4) is 0 Å². The van der Waals surface area contributed by atoms with E-state index in [1.165, 1.54) is 4.88 Å². The van der Waals surface area contributed by atoms with Gasteiger partial charge in [0.2, 0.25) is 0 Å². The average molecular weight is 339 g/mol. The molecule has 4 heteroatoms. The number of halogens is 1. The third-order valence-electron chi connectivity index (χ3n) is 3.06. The summed E-state index contributed by atoms with van der Waals surface area (Å²) in [5.41, 5.74) is 1.07. The standard InChI is InChI=1S/C15H15BrO2S/c16-13-6-3-11(4-7-13)10-12(15(17)18)5-8-14-2-1-9-19-14/h1-4,6-7,9,12H,5,8,10H2,(H,17,18). The predicted octanol–water partition coefficient (Wildman–Crippen LogP) is 4.39. The molecule has 1 atom stereocenters. The lowest BCUT2D eigenvalue weighted by atomic mass is 9.94. The van der Waals surface area contributed by atoms with E-state index in [1.807, 2.05) is 35.7 Å². The number of carboxylic acids is 1. The summed E-state index contributed by atoms with van der Waals surface area (Å²) in [5, 5.41) is 11.3. The van der Waals surface area contributed by atoms with E-state index in [0.29, 0.717) is 12.8 Å². The summed E-state index contributed by atoms with van der Waals surface area (Å²) in [6.07, 6.45) is 2.12. The van der Waals surface area contributed by atoms with Gasteiger partial charge in [-0.15, -0.1) is 11.3 Å². The normalized spacial score (nSPS) is 12.3. The largest absolute Gasteiger partial charge is 0.481 e. The van der Waals surface area contributed by atoms with Gasteiger partial charge >= 0.3 is 5.97 Å². The van der Waals surface area contributed by atoms with Gasteiger partial charge in [-0.05, 0) is 48.4 Å². The van der Waals surface area contributed by atoms with Gasteiger partial charge in [0.05, 0.1) is 5.92 Å². The van der Waals surface area contributed by atoms with E-state index >= 15 is 0 Å². The lowest BCUT2D eigenvalue weighted by molar-refractivity contribution is -0.141. The fraction of sp³-hybridized carbons (Fsp3) is 0.267. The molecule has 0 fully saturated rings. The van der Waals surface area contributed by atoms with Crippen LogP contribution < -0.4 is 0 Å². The van der Waals surface area contributed by atoms with Gasteiger partial charge in [0.15, 0.2) is 0 Å². The van der Waals surface area contributed by atoms with Crippen LogP contribution >= 0.6 is 27.3 Å². The Hall–Kier alpha value is -1.13. The van der Waals surface area contributed by atoms with E-state index in [-0.39, 0.29) is 5.92 Å². The Morgan fingerprint density at radius 2 is 2.00 bits per heavy atom. The number of benzene rings is 1. The van der Waals surface area contributed by atoms with Gasteiger partial charge in [-0.25, -0.2) is 0 Å². The van der Waals surface area contributed by atoms with Crippen molar-refractivity contribution >= 4 is 33.2 Å². The van der Waals surface area contributed by atoms with Crippen molar-refractivity contribution in [3.05, 3.63) is 56.7 Å². The summed E-state index contributed by atoms with van der Waals surface area (Å²) < 4.78 is 1.02. The fourth-order valence-electron chi connectivity index (χ4n) is 1.99. The van der Waals surface area contributed by atoms with Crippen LogP contribution in [0.1, 0.15) is 16.9 Å². The first kappa shape index (κ1) is 14.3. The molecule has 2 rings (SSSR count). The van der Waals surface area contributed by atoms with Crippen molar-refractivity contribution in [3.8, 4) is 0 Å². The van der Waals surface area contributed by atoms with E-state index in [2.05, 4.69) is 22.0 Å². The number of carbonyl (C=O) groups is 1. The molecule has 1 aromatic heterocycles. The molecule has 2 aromatic rings. The van der Waals surface area contributed by atoms with E-state index in [1.54, 1.807) is 11.3 Å². The Kier molecular flexibility index (Phi) is 5.16. The van der Waals surface area contributed by atoms with Crippen molar-refractivity contribution in [3.63, 3.8) is 0 Å². The molecule has 1 heterocycles. The molecule has 1 unspecified atom stereocenters. The van der Waals surface area contributed by atoms with Gasteiger partial charge in [-0.1, -0.05) is 34.1 Å². The molecule has 2 nitrogen and oxygen atoms in total. The van der Waals surface area contributed by atoms with Crippen LogP contribution in [0.5, 0.6) is 0 Å². The van der Waals surface area contributed by atoms with Crippen LogP contribution in [-0.2, 0) is 17.6 Å². The molecule has 0 radical (unpaired) electrons. The summed E-state index contributed by atoms with van der Waals surface area (Å²) in [6.45, 7) is 0. The Labute approximate surface area is 125 Å².